The standard InChI is InChI=1S/C20H23N3OS/c1-15(2)23(16-9-5-4-6-10-16)20(24)14-22(3)13-19-21-17-11-7-8-12-18(17)25-19/h4-12,15H,13-14H2,1-3H3/p+1. The molecule has 0 spiro atoms. The number of hydrogen-bond donors (Lipinski definition) is 1. The quantitative estimate of drug-likeness (QED) is 0.739. The first-order valence-electron chi connectivity index (χ1n) is 8.57. The minimum Gasteiger partial charge on any atom is -0.324 e. The normalized spacial score (nSPS) is 12.5. The second kappa shape index (κ2) is 7.76. The van der Waals surface area contributed by atoms with Gasteiger partial charge in [-0.2, -0.15) is 0 Å². The summed E-state index contributed by atoms with van der Waals surface area (Å²) in [5.41, 5.74) is 1.99. The number of rotatable bonds is 6. The van der Waals surface area contributed by atoms with Gasteiger partial charge in [-0.15, -0.1) is 11.3 Å². The third-order valence-corrected chi connectivity index (χ3v) is 5.10. The van der Waals surface area contributed by atoms with Crippen LogP contribution in [0.2, 0.25) is 0 Å². The van der Waals surface area contributed by atoms with Crippen LogP contribution in [0.4, 0.5) is 5.69 Å². The van der Waals surface area contributed by atoms with Crippen LogP contribution in [0, 0.1) is 0 Å². The molecule has 1 unspecified atom stereocenters. The van der Waals surface area contributed by atoms with Gasteiger partial charge in [-0.1, -0.05) is 30.3 Å². The SMILES string of the molecule is CC(C)N(C(=O)C[NH+](C)Cc1nc2ccccc2s1)c1ccccc1. The van der Waals surface area contributed by atoms with Crippen molar-refractivity contribution in [1.82, 2.24) is 4.98 Å². The van der Waals surface area contributed by atoms with Crippen molar-refractivity contribution in [3.8, 4) is 0 Å². The Balaban J connectivity index is 1.68. The molecule has 2 aromatic carbocycles. The third kappa shape index (κ3) is 4.24. The van der Waals surface area contributed by atoms with Crippen molar-refractivity contribution in [1.29, 1.82) is 0 Å². The van der Waals surface area contributed by atoms with E-state index < -0.39 is 0 Å². The molecule has 25 heavy (non-hydrogen) atoms. The van der Waals surface area contributed by atoms with Crippen LogP contribution in [0.25, 0.3) is 10.2 Å². The summed E-state index contributed by atoms with van der Waals surface area (Å²) < 4.78 is 1.20. The summed E-state index contributed by atoms with van der Waals surface area (Å²) in [6, 6.07) is 18.2. The largest absolute Gasteiger partial charge is 0.324 e. The summed E-state index contributed by atoms with van der Waals surface area (Å²) in [6.07, 6.45) is 0. The van der Waals surface area contributed by atoms with Crippen molar-refractivity contribution < 1.29 is 9.69 Å². The van der Waals surface area contributed by atoms with E-state index in [0.29, 0.717) is 6.54 Å². The van der Waals surface area contributed by atoms with Crippen molar-refractivity contribution in [2.45, 2.75) is 26.4 Å². The van der Waals surface area contributed by atoms with Gasteiger partial charge in [0.2, 0.25) is 0 Å². The predicted molar refractivity (Wildman–Crippen MR) is 104 cm³/mol. The number of para-hydroxylation sites is 2. The van der Waals surface area contributed by atoms with E-state index in [1.807, 2.05) is 74.3 Å². The Bertz CT molecular complexity index is 811. The van der Waals surface area contributed by atoms with Gasteiger partial charge in [-0.05, 0) is 38.1 Å². The number of thiazole rings is 1. The van der Waals surface area contributed by atoms with Crippen LogP contribution in [-0.4, -0.2) is 30.5 Å². The summed E-state index contributed by atoms with van der Waals surface area (Å²) in [5, 5.41) is 1.07. The Morgan fingerprint density at radius 1 is 1.12 bits per heavy atom. The van der Waals surface area contributed by atoms with Gasteiger partial charge in [0.05, 0.1) is 17.3 Å². The molecule has 0 fully saturated rings. The molecule has 1 amide bonds. The number of aromatic nitrogens is 1. The number of fused-ring (bicyclic) bond motifs is 1. The van der Waals surface area contributed by atoms with Crippen LogP contribution >= 0.6 is 11.3 Å². The van der Waals surface area contributed by atoms with Gasteiger partial charge in [-0.25, -0.2) is 4.98 Å². The van der Waals surface area contributed by atoms with E-state index in [0.717, 1.165) is 27.7 Å². The highest BCUT2D eigenvalue weighted by Gasteiger charge is 2.22. The number of quaternary nitrogens is 1. The van der Waals surface area contributed by atoms with Gasteiger partial charge in [-0.3, -0.25) is 4.79 Å². The first-order valence-corrected chi connectivity index (χ1v) is 9.39. The molecule has 1 heterocycles. The fraction of sp³-hybridized carbons (Fsp3) is 0.300. The molecule has 3 aromatic rings. The molecule has 130 valence electrons. The van der Waals surface area contributed by atoms with E-state index in [9.17, 15) is 4.79 Å². The molecule has 0 saturated carbocycles. The highest BCUT2D eigenvalue weighted by atomic mass is 32.1. The number of anilines is 1. The Hall–Kier alpha value is -2.24. The average molecular weight is 354 g/mol. The second-order valence-corrected chi connectivity index (χ2v) is 7.69. The number of benzene rings is 2. The van der Waals surface area contributed by atoms with Crippen LogP contribution in [0.15, 0.2) is 54.6 Å². The Morgan fingerprint density at radius 3 is 2.48 bits per heavy atom. The lowest BCUT2D eigenvalue weighted by Gasteiger charge is -2.27. The summed E-state index contributed by atoms with van der Waals surface area (Å²) >= 11 is 1.71. The zero-order valence-electron chi connectivity index (χ0n) is 14.9. The van der Waals surface area contributed by atoms with Gasteiger partial charge in [0, 0.05) is 11.7 Å². The molecule has 1 N–H and O–H groups in total. The Morgan fingerprint density at radius 2 is 1.80 bits per heavy atom. The van der Waals surface area contributed by atoms with Gasteiger partial charge in [0.15, 0.2) is 6.54 Å². The highest BCUT2D eigenvalue weighted by Crippen LogP contribution is 2.20. The summed E-state index contributed by atoms with van der Waals surface area (Å²) in [7, 11) is 2.05. The Labute approximate surface area is 152 Å². The maximum Gasteiger partial charge on any atom is 0.282 e. The van der Waals surface area contributed by atoms with E-state index in [2.05, 4.69) is 11.1 Å². The molecular weight excluding hydrogens is 330 g/mol. The monoisotopic (exact) mass is 354 g/mol. The lowest BCUT2D eigenvalue weighted by molar-refractivity contribution is -0.885. The van der Waals surface area contributed by atoms with E-state index in [1.165, 1.54) is 4.70 Å². The number of nitrogens with one attached hydrogen (secondary N) is 1. The van der Waals surface area contributed by atoms with Crippen molar-refractivity contribution in [3.63, 3.8) is 0 Å². The maximum absolute atomic E-state index is 12.8. The molecule has 4 nitrogen and oxygen atoms in total. The topological polar surface area (TPSA) is 37.6 Å². The highest BCUT2D eigenvalue weighted by molar-refractivity contribution is 7.18. The fourth-order valence-corrected chi connectivity index (χ4v) is 4.06. The molecule has 1 atom stereocenters. The Kier molecular flexibility index (Phi) is 5.46. The van der Waals surface area contributed by atoms with Crippen LogP contribution in [-0.2, 0) is 11.3 Å². The van der Waals surface area contributed by atoms with E-state index in [-0.39, 0.29) is 11.9 Å². The summed E-state index contributed by atoms with van der Waals surface area (Å²) in [4.78, 5) is 20.5. The molecule has 0 radical (unpaired) electrons. The third-order valence-electron chi connectivity index (χ3n) is 4.06. The van der Waals surface area contributed by atoms with Crippen LogP contribution in [0.1, 0.15) is 18.9 Å². The second-order valence-electron chi connectivity index (χ2n) is 6.58. The number of nitrogens with zero attached hydrogens (tertiary/aromatic N) is 2. The van der Waals surface area contributed by atoms with E-state index in [4.69, 9.17) is 0 Å². The maximum atomic E-state index is 12.8. The molecule has 5 heteroatoms. The van der Waals surface area contributed by atoms with Crippen molar-refractivity contribution in [2.24, 2.45) is 0 Å². The lowest BCUT2D eigenvalue weighted by atomic mass is 10.2. The van der Waals surface area contributed by atoms with Gasteiger partial charge in [0.25, 0.3) is 5.91 Å². The first-order chi connectivity index (χ1) is 12.0. The molecule has 0 aliphatic heterocycles. The molecular formula is C20H24N3OS+. The van der Waals surface area contributed by atoms with Gasteiger partial charge < -0.3 is 9.80 Å². The minimum atomic E-state index is 0.130. The molecule has 0 aliphatic rings. The molecule has 0 saturated heterocycles. The van der Waals surface area contributed by atoms with Crippen LogP contribution < -0.4 is 9.80 Å². The summed E-state index contributed by atoms with van der Waals surface area (Å²) in [6.45, 7) is 5.30. The molecule has 3 rings (SSSR count). The minimum absolute atomic E-state index is 0.130. The zero-order chi connectivity index (χ0) is 17.8. The van der Waals surface area contributed by atoms with Crippen molar-refractivity contribution >= 4 is 33.1 Å². The van der Waals surface area contributed by atoms with Crippen LogP contribution in [0.5, 0.6) is 0 Å². The molecule has 0 bridgehead atoms. The number of carbonyl (C=O) groups excluding carboxylic acids is 1. The lowest BCUT2D eigenvalue weighted by Crippen LogP contribution is -3.09. The number of amides is 1. The van der Waals surface area contributed by atoms with Gasteiger partial charge >= 0.3 is 0 Å². The average Bonchev–Trinajstić information content (AvgIpc) is 2.97. The van der Waals surface area contributed by atoms with Crippen LogP contribution in [0.3, 0.4) is 0 Å². The first kappa shape index (κ1) is 17.6. The predicted octanol–water partition coefficient (Wildman–Crippen LogP) is 2.75. The fourth-order valence-electron chi connectivity index (χ4n) is 2.98. The number of carbonyl (C=O) groups is 1. The van der Waals surface area contributed by atoms with Crippen molar-refractivity contribution in [3.05, 3.63) is 59.6 Å². The summed E-state index contributed by atoms with van der Waals surface area (Å²) in [5.74, 6) is 0.139. The number of likely N-dealkylation sites (N-methyl/N-ethyl adjacent to an activating group) is 1. The zero-order valence-corrected chi connectivity index (χ0v) is 15.7. The van der Waals surface area contributed by atoms with Gasteiger partial charge in [0.1, 0.15) is 11.6 Å². The van der Waals surface area contributed by atoms with Crippen molar-refractivity contribution in [2.75, 3.05) is 18.5 Å². The molecule has 1 aromatic heterocycles. The smallest absolute Gasteiger partial charge is 0.282 e. The van der Waals surface area contributed by atoms with E-state index >= 15 is 0 Å². The number of hydrogen-bond acceptors (Lipinski definition) is 3. The van der Waals surface area contributed by atoms with E-state index in [1.54, 1.807) is 11.3 Å². The molecule has 0 aliphatic carbocycles.